The Morgan fingerprint density at radius 3 is 2.68 bits per heavy atom. The van der Waals surface area contributed by atoms with Crippen molar-refractivity contribution in [3.8, 4) is 0 Å². The van der Waals surface area contributed by atoms with Crippen LogP contribution in [0.25, 0.3) is 0 Å². The van der Waals surface area contributed by atoms with Crippen LogP contribution in [0, 0.1) is 0 Å². The summed E-state index contributed by atoms with van der Waals surface area (Å²) in [5.74, 6) is 0. The standard InChI is InChI=1S/C17H25N7O/c1-14(11-24-13-18-12-20-24)21-17(25)23-9-7-22(8-10-23)15(2)16-5-3-4-6-19-16/h3-6,12-15H,7-11H2,1-2H3,(H,21,25)/t14-,15+/m1/s1. The molecule has 2 amide bonds. The molecule has 0 unspecified atom stereocenters. The maximum absolute atomic E-state index is 12.4. The molecule has 3 heterocycles. The molecule has 0 aliphatic carbocycles. The summed E-state index contributed by atoms with van der Waals surface area (Å²) in [7, 11) is 0. The fraction of sp³-hybridized carbons (Fsp3) is 0.529. The van der Waals surface area contributed by atoms with Crippen LogP contribution in [0.3, 0.4) is 0 Å². The summed E-state index contributed by atoms with van der Waals surface area (Å²) < 4.78 is 1.72. The van der Waals surface area contributed by atoms with Gasteiger partial charge in [0.15, 0.2) is 0 Å². The molecule has 1 aliphatic rings. The van der Waals surface area contributed by atoms with Crippen molar-refractivity contribution in [3.63, 3.8) is 0 Å². The van der Waals surface area contributed by atoms with Crippen molar-refractivity contribution in [2.45, 2.75) is 32.5 Å². The molecule has 0 spiro atoms. The predicted octanol–water partition coefficient (Wildman–Crippen LogP) is 1.15. The number of nitrogens with zero attached hydrogens (tertiary/aromatic N) is 6. The summed E-state index contributed by atoms with van der Waals surface area (Å²) in [6.07, 6.45) is 4.98. The zero-order chi connectivity index (χ0) is 17.6. The summed E-state index contributed by atoms with van der Waals surface area (Å²) in [4.78, 5) is 25.0. The fourth-order valence-electron chi connectivity index (χ4n) is 3.08. The Morgan fingerprint density at radius 1 is 1.24 bits per heavy atom. The van der Waals surface area contributed by atoms with Crippen LogP contribution in [0.4, 0.5) is 4.79 Å². The van der Waals surface area contributed by atoms with Gasteiger partial charge in [-0.2, -0.15) is 5.10 Å². The zero-order valence-corrected chi connectivity index (χ0v) is 14.7. The van der Waals surface area contributed by atoms with Gasteiger partial charge in [0.2, 0.25) is 0 Å². The van der Waals surface area contributed by atoms with E-state index in [4.69, 9.17) is 0 Å². The van der Waals surface area contributed by atoms with E-state index in [0.717, 1.165) is 31.9 Å². The Labute approximate surface area is 147 Å². The van der Waals surface area contributed by atoms with E-state index in [1.165, 1.54) is 6.33 Å². The van der Waals surface area contributed by atoms with Gasteiger partial charge in [-0.05, 0) is 26.0 Å². The van der Waals surface area contributed by atoms with E-state index in [1.807, 2.05) is 30.2 Å². The number of pyridine rings is 1. The average molecular weight is 343 g/mol. The lowest BCUT2D eigenvalue weighted by Crippen LogP contribution is -2.53. The van der Waals surface area contributed by atoms with Crippen molar-refractivity contribution in [1.82, 2.24) is 34.9 Å². The first-order chi connectivity index (χ1) is 12.1. The van der Waals surface area contributed by atoms with Gasteiger partial charge in [-0.1, -0.05) is 6.07 Å². The first kappa shape index (κ1) is 17.3. The highest BCUT2D eigenvalue weighted by Crippen LogP contribution is 2.19. The van der Waals surface area contributed by atoms with Gasteiger partial charge < -0.3 is 10.2 Å². The number of aromatic nitrogens is 4. The van der Waals surface area contributed by atoms with E-state index < -0.39 is 0 Å². The van der Waals surface area contributed by atoms with Gasteiger partial charge in [-0.25, -0.2) is 9.78 Å². The summed E-state index contributed by atoms with van der Waals surface area (Å²) in [6, 6.07) is 6.24. The largest absolute Gasteiger partial charge is 0.334 e. The van der Waals surface area contributed by atoms with Crippen molar-refractivity contribution < 1.29 is 4.79 Å². The lowest BCUT2D eigenvalue weighted by atomic mass is 10.1. The van der Waals surface area contributed by atoms with Crippen molar-refractivity contribution in [3.05, 3.63) is 42.7 Å². The first-order valence-electron chi connectivity index (χ1n) is 8.66. The van der Waals surface area contributed by atoms with Gasteiger partial charge in [0, 0.05) is 44.5 Å². The van der Waals surface area contributed by atoms with E-state index in [-0.39, 0.29) is 18.1 Å². The summed E-state index contributed by atoms with van der Waals surface area (Å²) in [6.45, 7) is 7.89. The third-order valence-electron chi connectivity index (χ3n) is 4.56. The topological polar surface area (TPSA) is 79.2 Å². The zero-order valence-electron chi connectivity index (χ0n) is 14.7. The van der Waals surface area contributed by atoms with E-state index in [9.17, 15) is 4.79 Å². The second kappa shape index (κ2) is 8.06. The first-order valence-corrected chi connectivity index (χ1v) is 8.66. The van der Waals surface area contributed by atoms with Gasteiger partial charge in [-0.3, -0.25) is 14.6 Å². The van der Waals surface area contributed by atoms with Gasteiger partial charge in [0.05, 0.1) is 12.2 Å². The molecule has 134 valence electrons. The molecule has 0 aromatic carbocycles. The Morgan fingerprint density at radius 2 is 2.04 bits per heavy atom. The molecule has 0 bridgehead atoms. The quantitative estimate of drug-likeness (QED) is 0.881. The highest BCUT2D eigenvalue weighted by Gasteiger charge is 2.25. The molecule has 0 radical (unpaired) electrons. The molecular formula is C17H25N7O. The average Bonchev–Trinajstić information content (AvgIpc) is 3.14. The number of nitrogens with one attached hydrogen (secondary N) is 1. The third kappa shape index (κ3) is 4.54. The van der Waals surface area contributed by atoms with Crippen molar-refractivity contribution in [2.24, 2.45) is 0 Å². The second-order valence-electron chi connectivity index (χ2n) is 6.42. The lowest BCUT2D eigenvalue weighted by Gasteiger charge is -2.38. The minimum absolute atomic E-state index is 0.000304. The van der Waals surface area contributed by atoms with Gasteiger partial charge in [0.25, 0.3) is 0 Å². The van der Waals surface area contributed by atoms with E-state index in [1.54, 1.807) is 11.0 Å². The van der Waals surface area contributed by atoms with Crippen molar-refractivity contribution >= 4 is 6.03 Å². The third-order valence-corrected chi connectivity index (χ3v) is 4.56. The summed E-state index contributed by atoms with van der Waals surface area (Å²) in [5, 5.41) is 7.09. The Bertz CT molecular complexity index is 653. The molecule has 0 saturated carbocycles. The fourth-order valence-corrected chi connectivity index (χ4v) is 3.08. The van der Waals surface area contributed by atoms with Crippen LogP contribution in [0.2, 0.25) is 0 Å². The molecule has 2 aromatic rings. The SMILES string of the molecule is C[C@H](Cn1cncn1)NC(=O)N1CCN([C@@H](C)c2ccccn2)CC1. The lowest BCUT2D eigenvalue weighted by molar-refractivity contribution is 0.111. The summed E-state index contributed by atoms with van der Waals surface area (Å²) >= 11 is 0. The number of carbonyl (C=O) groups is 1. The van der Waals surface area contributed by atoms with Crippen molar-refractivity contribution in [1.29, 1.82) is 0 Å². The maximum atomic E-state index is 12.4. The smallest absolute Gasteiger partial charge is 0.317 e. The van der Waals surface area contributed by atoms with Crippen LogP contribution in [-0.2, 0) is 6.54 Å². The highest BCUT2D eigenvalue weighted by molar-refractivity contribution is 5.74. The number of hydrogen-bond donors (Lipinski definition) is 1. The van der Waals surface area contributed by atoms with Crippen LogP contribution < -0.4 is 5.32 Å². The molecule has 1 fully saturated rings. The van der Waals surface area contributed by atoms with E-state index in [0.29, 0.717) is 6.54 Å². The van der Waals surface area contributed by atoms with Crippen LogP contribution in [0.15, 0.2) is 37.1 Å². The van der Waals surface area contributed by atoms with Gasteiger partial charge in [-0.15, -0.1) is 0 Å². The van der Waals surface area contributed by atoms with Crippen LogP contribution >= 0.6 is 0 Å². The number of amides is 2. The minimum Gasteiger partial charge on any atom is -0.334 e. The Hall–Kier alpha value is -2.48. The molecule has 3 rings (SSSR count). The molecule has 8 nitrogen and oxygen atoms in total. The number of hydrogen-bond acceptors (Lipinski definition) is 5. The van der Waals surface area contributed by atoms with Crippen LogP contribution in [-0.4, -0.2) is 67.8 Å². The van der Waals surface area contributed by atoms with E-state index >= 15 is 0 Å². The molecule has 2 atom stereocenters. The monoisotopic (exact) mass is 343 g/mol. The number of rotatable bonds is 5. The van der Waals surface area contributed by atoms with Crippen molar-refractivity contribution in [2.75, 3.05) is 26.2 Å². The van der Waals surface area contributed by atoms with Crippen LogP contribution in [0.5, 0.6) is 0 Å². The highest BCUT2D eigenvalue weighted by atomic mass is 16.2. The summed E-state index contributed by atoms with van der Waals surface area (Å²) in [5.41, 5.74) is 1.07. The number of carbonyl (C=O) groups excluding carboxylic acids is 1. The molecule has 1 N–H and O–H groups in total. The Balaban J connectivity index is 1.46. The molecule has 1 saturated heterocycles. The molecular weight excluding hydrogens is 318 g/mol. The van der Waals surface area contributed by atoms with Gasteiger partial charge in [0.1, 0.15) is 12.7 Å². The minimum atomic E-state index is -0.0160. The maximum Gasteiger partial charge on any atom is 0.317 e. The Kier molecular flexibility index (Phi) is 5.60. The van der Waals surface area contributed by atoms with Crippen LogP contribution in [0.1, 0.15) is 25.6 Å². The normalized spacial score (nSPS) is 17.9. The second-order valence-corrected chi connectivity index (χ2v) is 6.42. The van der Waals surface area contributed by atoms with E-state index in [2.05, 4.69) is 38.3 Å². The van der Waals surface area contributed by atoms with Gasteiger partial charge >= 0.3 is 6.03 Å². The predicted molar refractivity (Wildman–Crippen MR) is 93.8 cm³/mol. The molecule has 2 aromatic heterocycles. The molecule has 25 heavy (non-hydrogen) atoms. The molecule has 8 heteroatoms. The number of piperazine rings is 1. The number of urea groups is 1. The molecule has 1 aliphatic heterocycles.